The zero-order chi connectivity index (χ0) is 24.0. The van der Waals surface area contributed by atoms with Crippen molar-refractivity contribution >= 4 is 11.7 Å². The van der Waals surface area contributed by atoms with Crippen LogP contribution >= 0.6 is 0 Å². The molecule has 0 spiro atoms. The van der Waals surface area contributed by atoms with Crippen molar-refractivity contribution in [3.8, 4) is 0 Å². The first-order chi connectivity index (χ1) is 16.2. The first-order valence-electron chi connectivity index (χ1n) is 13.4. The van der Waals surface area contributed by atoms with E-state index in [9.17, 15) is 9.90 Å². The van der Waals surface area contributed by atoms with Gasteiger partial charge in [-0.05, 0) is 37.0 Å². The molecule has 0 saturated heterocycles. The highest BCUT2D eigenvalue weighted by Gasteiger charge is 2.07. The number of carbonyl (C=O) groups is 1. The topological polar surface area (TPSA) is 78.8 Å². The molecule has 3 N–H and O–H groups in total. The highest BCUT2D eigenvalue weighted by atomic mass is 16.5. The van der Waals surface area contributed by atoms with E-state index in [0.29, 0.717) is 12.8 Å². The van der Waals surface area contributed by atoms with Gasteiger partial charge in [0.2, 0.25) is 0 Å². The summed E-state index contributed by atoms with van der Waals surface area (Å²) in [5, 5.41) is 21.4. The van der Waals surface area contributed by atoms with Crippen molar-refractivity contribution in [2.45, 2.75) is 116 Å². The summed E-state index contributed by atoms with van der Waals surface area (Å²) in [6.45, 7) is 2.75. The van der Waals surface area contributed by atoms with Crippen LogP contribution in [0.5, 0.6) is 0 Å². The summed E-state index contributed by atoms with van der Waals surface area (Å²) in [5.74, 6) is -0.335. The molecule has 1 rings (SSSR count). The van der Waals surface area contributed by atoms with Crippen LogP contribution in [0.4, 0.5) is 5.69 Å². The number of aliphatic hydroxyl groups is 2. The number of hydrogen-bond donors (Lipinski definition) is 3. The van der Waals surface area contributed by atoms with Crippen molar-refractivity contribution in [1.82, 2.24) is 0 Å². The van der Waals surface area contributed by atoms with Crippen LogP contribution in [-0.2, 0) is 16.0 Å². The molecule has 0 amide bonds. The highest BCUT2D eigenvalue weighted by molar-refractivity contribution is 5.69. The Morgan fingerprint density at radius 2 is 1.39 bits per heavy atom. The van der Waals surface area contributed by atoms with Crippen molar-refractivity contribution in [1.29, 1.82) is 0 Å². The third-order valence-electron chi connectivity index (χ3n) is 6.06. The van der Waals surface area contributed by atoms with Gasteiger partial charge in [-0.25, -0.2) is 0 Å². The number of unbranched alkanes of at least 4 members (excludes halogenated alkanes) is 12. The molecule has 0 fully saturated rings. The van der Waals surface area contributed by atoms with E-state index in [1.165, 1.54) is 89.0 Å². The summed E-state index contributed by atoms with van der Waals surface area (Å²) in [6, 6.07) is 8.42. The number of nitrogens with one attached hydrogen (secondary N) is 1. The van der Waals surface area contributed by atoms with Gasteiger partial charge >= 0.3 is 5.97 Å². The van der Waals surface area contributed by atoms with Gasteiger partial charge < -0.3 is 20.3 Å². The van der Waals surface area contributed by atoms with Gasteiger partial charge in [-0.2, -0.15) is 0 Å². The number of carbonyl (C=O) groups excluding carboxylic acids is 1. The molecular formula is C28H49NO4. The van der Waals surface area contributed by atoms with Crippen LogP contribution < -0.4 is 5.32 Å². The van der Waals surface area contributed by atoms with E-state index in [4.69, 9.17) is 9.84 Å². The summed E-state index contributed by atoms with van der Waals surface area (Å²) >= 11 is 0. The molecule has 1 unspecified atom stereocenters. The van der Waals surface area contributed by atoms with Crippen molar-refractivity contribution in [2.75, 3.05) is 25.1 Å². The van der Waals surface area contributed by atoms with Crippen molar-refractivity contribution in [3.05, 3.63) is 29.8 Å². The minimum absolute atomic E-state index is 0.144. The molecule has 5 heteroatoms. The number of anilines is 1. The molecule has 33 heavy (non-hydrogen) atoms. The number of hydrogen-bond acceptors (Lipinski definition) is 5. The molecule has 1 atom stereocenters. The molecular weight excluding hydrogens is 414 g/mol. The van der Waals surface area contributed by atoms with Crippen molar-refractivity contribution in [2.24, 2.45) is 0 Å². The SMILES string of the molecule is CCCCCCCCCCCCCCCNc1ccc(CCCC(=O)OCC(O)CO)cc1. The lowest BCUT2D eigenvalue weighted by atomic mass is 10.0. The smallest absolute Gasteiger partial charge is 0.305 e. The van der Waals surface area contributed by atoms with Gasteiger partial charge in [-0.3, -0.25) is 4.79 Å². The van der Waals surface area contributed by atoms with Crippen LogP contribution in [-0.4, -0.2) is 42.0 Å². The van der Waals surface area contributed by atoms with Crippen LogP contribution in [0, 0.1) is 0 Å². The molecule has 0 heterocycles. The second kappa shape index (κ2) is 21.0. The molecule has 0 bridgehead atoms. The monoisotopic (exact) mass is 463 g/mol. The summed E-state index contributed by atoms with van der Waals surface area (Å²) in [5.41, 5.74) is 2.35. The van der Waals surface area contributed by atoms with Crippen LogP contribution in [0.25, 0.3) is 0 Å². The molecule has 0 aliphatic carbocycles. The molecule has 5 nitrogen and oxygen atoms in total. The molecule has 0 aliphatic rings. The maximum atomic E-state index is 11.6. The fourth-order valence-corrected chi connectivity index (χ4v) is 3.92. The number of ether oxygens (including phenoxy) is 1. The molecule has 0 radical (unpaired) electrons. The summed E-state index contributed by atoms with van der Waals surface area (Å²) in [4.78, 5) is 11.6. The number of esters is 1. The fourth-order valence-electron chi connectivity index (χ4n) is 3.92. The number of rotatable bonds is 22. The standard InChI is InChI=1S/C28H49NO4/c1-2-3-4-5-6-7-8-9-10-11-12-13-14-22-29-26-20-18-25(19-21-26)16-15-17-28(32)33-24-27(31)23-30/h18-21,27,29-31H,2-17,22-24H2,1H3. The van der Waals surface area contributed by atoms with E-state index >= 15 is 0 Å². The zero-order valence-electron chi connectivity index (χ0n) is 21.0. The Labute approximate surface area is 202 Å². The molecule has 0 saturated carbocycles. The van der Waals surface area contributed by atoms with Crippen LogP contribution in [0.15, 0.2) is 24.3 Å². The maximum Gasteiger partial charge on any atom is 0.305 e. The summed E-state index contributed by atoms with van der Waals surface area (Å²) < 4.78 is 4.91. The van der Waals surface area contributed by atoms with E-state index < -0.39 is 12.7 Å². The average molecular weight is 464 g/mol. The number of aryl methyl sites for hydroxylation is 1. The lowest BCUT2D eigenvalue weighted by Crippen LogP contribution is -2.21. The second-order valence-corrected chi connectivity index (χ2v) is 9.24. The van der Waals surface area contributed by atoms with E-state index in [-0.39, 0.29) is 12.6 Å². The van der Waals surface area contributed by atoms with Crippen molar-refractivity contribution < 1.29 is 19.7 Å². The van der Waals surface area contributed by atoms with Gasteiger partial charge in [0.15, 0.2) is 0 Å². The minimum Gasteiger partial charge on any atom is -0.463 e. The first-order valence-corrected chi connectivity index (χ1v) is 13.4. The number of benzene rings is 1. The number of aliphatic hydroxyl groups excluding tert-OH is 2. The van der Waals surface area contributed by atoms with Gasteiger partial charge in [0, 0.05) is 18.7 Å². The summed E-state index contributed by atoms with van der Waals surface area (Å²) in [6.07, 6.45) is 18.8. The van der Waals surface area contributed by atoms with Gasteiger partial charge in [0.05, 0.1) is 6.61 Å². The Balaban J connectivity index is 1.95. The highest BCUT2D eigenvalue weighted by Crippen LogP contribution is 2.14. The van der Waals surface area contributed by atoms with Gasteiger partial charge in [-0.15, -0.1) is 0 Å². The van der Waals surface area contributed by atoms with Crippen LogP contribution in [0.3, 0.4) is 0 Å². The second-order valence-electron chi connectivity index (χ2n) is 9.24. The largest absolute Gasteiger partial charge is 0.463 e. The Morgan fingerprint density at radius 1 is 0.848 bits per heavy atom. The van der Waals surface area contributed by atoms with Gasteiger partial charge in [0.1, 0.15) is 12.7 Å². The normalized spacial score (nSPS) is 12.0. The Kier molecular flexibility index (Phi) is 18.7. The van der Waals surface area contributed by atoms with Gasteiger partial charge in [0.25, 0.3) is 0 Å². The molecule has 1 aromatic rings. The predicted molar refractivity (Wildman–Crippen MR) is 138 cm³/mol. The van der Waals surface area contributed by atoms with Gasteiger partial charge in [-0.1, -0.05) is 96.1 Å². The lowest BCUT2D eigenvalue weighted by molar-refractivity contribution is -0.147. The quantitative estimate of drug-likeness (QED) is 0.137. The van der Waals surface area contributed by atoms with Crippen LogP contribution in [0.1, 0.15) is 109 Å². The maximum absolute atomic E-state index is 11.6. The predicted octanol–water partition coefficient (Wildman–Crippen LogP) is 6.41. The van der Waals surface area contributed by atoms with Crippen LogP contribution in [0.2, 0.25) is 0 Å². The first kappa shape index (κ1) is 29.4. The summed E-state index contributed by atoms with van der Waals surface area (Å²) in [7, 11) is 0. The molecule has 0 aromatic heterocycles. The Bertz CT molecular complexity index is 576. The van der Waals surface area contributed by atoms with E-state index in [2.05, 4.69) is 36.5 Å². The fraction of sp³-hybridized carbons (Fsp3) is 0.750. The average Bonchev–Trinajstić information content (AvgIpc) is 2.83. The van der Waals surface area contributed by atoms with E-state index in [1.54, 1.807) is 0 Å². The zero-order valence-corrected chi connectivity index (χ0v) is 21.0. The molecule has 190 valence electrons. The molecule has 1 aromatic carbocycles. The van der Waals surface area contributed by atoms with Crippen molar-refractivity contribution in [3.63, 3.8) is 0 Å². The molecule has 0 aliphatic heterocycles. The lowest BCUT2D eigenvalue weighted by Gasteiger charge is -2.09. The Morgan fingerprint density at radius 3 is 1.94 bits per heavy atom. The minimum atomic E-state index is -0.992. The van der Waals surface area contributed by atoms with E-state index in [0.717, 1.165) is 18.7 Å². The van der Waals surface area contributed by atoms with E-state index in [1.807, 2.05) is 0 Å². The third-order valence-corrected chi connectivity index (χ3v) is 6.06. The Hall–Kier alpha value is -1.59. The third kappa shape index (κ3) is 17.5.